The zero-order valence-electron chi connectivity index (χ0n) is 9.52. The molecule has 88 valence electrons. The standard InChI is InChI=1S/C10H15N3O3/c1-4-6(2)12-9(14)8-7(10(15)16)5-11-13(8)3/h5-6H,4H2,1-3H3,(H,12,14)(H,15,16). The molecule has 1 aromatic rings. The first-order valence-corrected chi connectivity index (χ1v) is 5.03. The molecular formula is C10H15N3O3. The van der Waals surface area contributed by atoms with E-state index in [1.165, 1.54) is 17.9 Å². The van der Waals surface area contributed by atoms with Crippen LogP contribution in [0.4, 0.5) is 0 Å². The second-order valence-electron chi connectivity index (χ2n) is 3.62. The van der Waals surface area contributed by atoms with Crippen molar-refractivity contribution in [2.45, 2.75) is 26.3 Å². The summed E-state index contributed by atoms with van der Waals surface area (Å²) < 4.78 is 1.27. The summed E-state index contributed by atoms with van der Waals surface area (Å²) in [5, 5.41) is 15.4. The molecule has 0 aliphatic rings. The van der Waals surface area contributed by atoms with Gasteiger partial charge in [-0.2, -0.15) is 5.10 Å². The fourth-order valence-corrected chi connectivity index (χ4v) is 1.26. The second-order valence-corrected chi connectivity index (χ2v) is 3.62. The van der Waals surface area contributed by atoms with E-state index in [0.717, 1.165) is 6.42 Å². The number of rotatable bonds is 4. The van der Waals surface area contributed by atoms with Gasteiger partial charge in [0, 0.05) is 13.1 Å². The quantitative estimate of drug-likeness (QED) is 0.787. The highest BCUT2D eigenvalue weighted by Crippen LogP contribution is 2.08. The van der Waals surface area contributed by atoms with E-state index in [1.54, 1.807) is 0 Å². The third-order valence-corrected chi connectivity index (χ3v) is 2.37. The zero-order valence-corrected chi connectivity index (χ0v) is 9.52. The Labute approximate surface area is 93.3 Å². The average Bonchev–Trinajstić information content (AvgIpc) is 2.59. The number of hydrogen-bond donors (Lipinski definition) is 2. The Morgan fingerprint density at radius 2 is 2.25 bits per heavy atom. The predicted octanol–water partition coefficient (Wildman–Crippen LogP) is 0.647. The highest BCUT2D eigenvalue weighted by molar-refractivity contribution is 6.03. The summed E-state index contributed by atoms with van der Waals surface area (Å²) in [5.74, 6) is -1.56. The van der Waals surface area contributed by atoms with E-state index in [9.17, 15) is 9.59 Å². The van der Waals surface area contributed by atoms with Crippen LogP contribution >= 0.6 is 0 Å². The number of carboxylic acid groups (broad SMARTS) is 1. The topological polar surface area (TPSA) is 84.2 Å². The highest BCUT2D eigenvalue weighted by atomic mass is 16.4. The normalized spacial score (nSPS) is 12.2. The van der Waals surface area contributed by atoms with Gasteiger partial charge in [0.05, 0.1) is 6.20 Å². The molecule has 1 heterocycles. The Morgan fingerprint density at radius 1 is 1.62 bits per heavy atom. The number of nitrogens with one attached hydrogen (secondary N) is 1. The summed E-state index contributed by atoms with van der Waals surface area (Å²) in [5.41, 5.74) is -0.00361. The fourth-order valence-electron chi connectivity index (χ4n) is 1.26. The summed E-state index contributed by atoms with van der Waals surface area (Å²) in [4.78, 5) is 22.6. The van der Waals surface area contributed by atoms with Crippen molar-refractivity contribution in [2.24, 2.45) is 7.05 Å². The molecular weight excluding hydrogens is 210 g/mol. The lowest BCUT2D eigenvalue weighted by Gasteiger charge is -2.11. The summed E-state index contributed by atoms with van der Waals surface area (Å²) in [6.45, 7) is 3.79. The van der Waals surface area contributed by atoms with E-state index in [4.69, 9.17) is 5.11 Å². The van der Waals surface area contributed by atoms with Crippen molar-refractivity contribution < 1.29 is 14.7 Å². The zero-order chi connectivity index (χ0) is 12.3. The summed E-state index contributed by atoms with van der Waals surface area (Å²) in [6, 6.07) is 0.00375. The number of nitrogens with zero attached hydrogens (tertiary/aromatic N) is 2. The first-order valence-electron chi connectivity index (χ1n) is 5.03. The van der Waals surface area contributed by atoms with Crippen LogP contribution < -0.4 is 5.32 Å². The average molecular weight is 225 g/mol. The van der Waals surface area contributed by atoms with Crippen molar-refractivity contribution in [2.75, 3.05) is 0 Å². The molecule has 0 aliphatic heterocycles. The van der Waals surface area contributed by atoms with E-state index in [2.05, 4.69) is 10.4 Å². The van der Waals surface area contributed by atoms with Gasteiger partial charge >= 0.3 is 5.97 Å². The van der Waals surface area contributed by atoms with Crippen LogP contribution in [0.15, 0.2) is 6.20 Å². The summed E-state index contributed by atoms with van der Waals surface area (Å²) in [7, 11) is 1.54. The molecule has 1 amide bonds. The third-order valence-electron chi connectivity index (χ3n) is 2.37. The maximum Gasteiger partial charge on any atom is 0.339 e. The minimum Gasteiger partial charge on any atom is -0.478 e. The smallest absolute Gasteiger partial charge is 0.339 e. The van der Waals surface area contributed by atoms with Gasteiger partial charge in [-0.1, -0.05) is 6.92 Å². The van der Waals surface area contributed by atoms with Crippen LogP contribution in [0.25, 0.3) is 0 Å². The Bertz CT molecular complexity index is 411. The van der Waals surface area contributed by atoms with Crippen molar-refractivity contribution in [3.63, 3.8) is 0 Å². The SMILES string of the molecule is CCC(C)NC(=O)c1c(C(=O)O)cnn1C. The van der Waals surface area contributed by atoms with Gasteiger partial charge < -0.3 is 10.4 Å². The van der Waals surface area contributed by atoms with Gasteiger partial charge in [0.25, 0.3) is 5.91 Å². The number of carbonyl (C=O) groups is 2. The highest BCUT2D eigenvalue weighted by Gasteiger charge is 2.22. The predicted molar refractivity (Wildman–Crippen MR) is 57.4 cm³/mol. The number of aryl methyl sites for hydroxylation is 1. The Kier molecular flexibility index (Phi) is 3.65. The van der Waals surface area contributed by atoms with Crippen molar-refractivity contribution in [1.82, 2.24) is 15.1 Å². The Balaban J connectivity index is 2.98. The van der Waals surface area contributed by atoms with Crippen molar-refractivity contribution in [3.8, 4) is 0 Å². The molecule has 16 heavy (non-hydrogen) atoms. The van der Waals surface area contributed by atoms with E-state index < -0.39 is 11.9 Å². The van der Waals surface area contributed by atoms with Crippen LogP contribution in [0, 0.1) is 0 Å². The minimum atomic E-state index is -1.15. The van der Waals surface area contributed by atoms with Gasteiger partial charge in [0.2, 0.25) is 0 Å². The largest absolute Gasteiger partial charge is 0.478 e. The Hall–Kier alpha value is -1.85. The molecule has 0 aliphatic carbocycles. The van der Waals surface area contributed by atoms with Crippen LogP contribution in [0.3, 0.4) is 0 Å². The molecule has 0 fully saturated rings. The second kappa shape index (κ2) is 4.78. The number of carboxylic acids is 1. The molecule has 6 heteroatoms. The first-order chi connectivity index (χ1) is 7.47. The molecule has 0 saturated carbocycles. The van der Waals surface area contributed by atoms with Crippen LogP contribution in [0.1, 0.15) is 41.1 Å². The molecule has 1 atom stereocenters. The number of carbonyl (C=O) groups excluding carboxylic acids is 1. The van der Waals surface area contributed by atoms with Crippen LogP contribution in [-0.2, 0) is 7.05 Å². The number of aromatic nitrogens is 2. The van der Waals surface area contributed by atoms with Gasteiger partial charge in [0.15, 0.2) is 0 Å². The Morgan fingerprint density at radius 3 is 2.75 bits per heavy atom. The monoisotopic (exact) mass is 225 g/mol. The third kappa shape index (κ3) is 2.39. The molecule has 0 saturated heterocycles. The maximum absolute atomic E-state index is 11.8. The van der Waals surface area contributed by atoms with Crippen molar-refractivity contribution >= 4 is 11.9 Å². The number of aromatic carboxylic acids is 1. The molecule has 1 unspecified atom stereocenters. The lowest BCUT2D eigenvalue weighted by atomic mass is 10.2. The molecule has 0 aromatic carbocycles. The van der Waals surface area contributed by atoms with Gasteiger partial charge in [-0.15, -0.1) is 0 Å². The molecule has 6 nitrogen and oxygen atoms in total. The number of amides is 1. The number of hydrogen-bond acceptors (Lipinski definition) is 3. The van der Waals surface area contributed by atoms with E-state index in [1.807, 2.05) is 13.8 Å². The maximum atomic E-state index is 11.8. The lowest BCUT2D eigenvalue weighted by molar-refractivity contribution is 0.0690. The van der Waals surface area contributed by atoms with Crippen LogP contribution in [0.5, 0.6) is 0 Å². The van der Waals surface area contributed by atoms with E-state index in [0.29, 0.717) is 0 Å². The molecule has 0 radical (unpaired) electrons. The molecule has 1 rings (SSSR count). The van der Waals surface area contributed by atoms with Crippen LogP contribution in [0.2, 0.25) is 0 Å². The summed E-state index contributed by atoms with van der Waals surface area (Å²) >= 11 is 0. The van der Waals surface area contributed by atoms with E-state index in [-0.39, 0.29) is 17.3 Å². The van der Waals surface area contributed by atoms with E-state index >= 15 is 0 Å². The van der Waals surface area contributed by atoms with Crippen LogP contribution in [-0.4, -0.2) is 32.8 Å². The first kappa shape index (κ1) is 12.2. The van der Waals surface area contributed by atoms with Gasteiger partial charge in [0.1, 0.15) is 11.3 Å². The van der Waals surface area contributed by atoms with Crippen molar-refractivity contribution in [1.29, 1.82) is 0 Å². The molecule has 1 aromatic heterocycles. The van der Waals surface area contributed by atoms with Gasteiger partial charge in [-0.05, 0) is 13.3 Å². The van der Waals surface area contributed by atoms with Crippen molar-refractivity contribution in [3.05, 3.63) is 17.5 Å². The van der Waals surface area contributed by atoms with Gasteiger partial charge in [-0.25, -0.2) is 4.79 Å². The lowest BCUT2D eigenvalue weighted by Crippen LogP contribution is -2.34. The minimum absolute atomic E-state index is 0.00375. The molecule has 2 N–H and O–H groups in total. The fraction of sp³-hybridized carbons (Fsp3) is 0.500. The summed E-state index contributed by atoms with van der Waals surface area (Å²) in [6.07, 6.45) is 1.96. The van der Waals surface area contributed by atoms with Gasteiger partial charge in [-0.3, -0.25) is 9.48 Å². The molecule has 0 bridgehead atoms. The molecule has 0 spiro atoms.